The minimum absolute atomic E-state index is 0.0416. The zero-order chi connectivity index (χ0) is 14.8. The third kappa shape index (κ3) is 3.67. The second kappa shape index (κ2) is 5.75. The zero-order valence-electron chi connectivity index (χ0n) is 12.9. The molecule has 0 saturated heterocycles. The normalized spacial score (nSPS) is 13.4. The first-order valence-corrected chi connectivity index (χ1v) is 6.99. The summed E-state index contributed by atoms with van der Waals surface area (Å²) >= 11 is 0. The summed E-state index contributed by atoms with van der Waals surface area (Å²) in [6, 6.07) is 8.53. The molecule has 0 amide bonds. The molecule has 1 heterocycles. The summed E-state index contributed by atoms with van der Waals surface area (Å²) in [5.41, 5.74) is 2.44. The van der Waals surface area contributed by atoms with Gasteiger partial charge in [-0.3, -0.25) is 0 Å². The van der Waals surface area contributed by atoms with E-state index in [2.05, 4.69) is 67.4 Å². The number of hydrogen-bond donors (Lipinski definition) is 1. The van der Waals surface area contributed by atoms with Crippen molar-refractivity contribution in [2.75, 3.05) is 0 Å². The molecular formula is C16H23N3O. The van der Waals surface area contributed by atoms with Crippen LogP contribution in [0.25, 0.3) is 0 Å². The number of nitrogens with one attached hydrogen (secondary N) is 1. The fourth-order valence-electron chi connectivity index (χ4n) is 1.78. The first-order chi connectivity index (χ1) is 9.36. The van der Waals surface area contributed by atoms with Gasteiger partial charge in [-0.1, -0.05) is 55.8 Å². The van der Waals surface area contributed by atoms with E-state index in [9.17, 15) is 0 Å². The van der Waals surface area contributed by atoms with Crippen molar-refractivity contribution in [2.24, 2.45) is 0 Å². The lowest BCUT2D eigenvalue weighted by atomic mass is 9.96. The fourth-order valence-corrected chi connectivity index (χ4v) is 1.78. The summed E-state index contributed by atoms with van der Waals surface area (Å²) in [6.45, 7) is 11.1. The number of nitrogens with zero attached hydrogens (tertiary/aromatic N) is 2. The van der Waals surface area contributed by atoms with Crippen molar-refractivity contribution in [3.05, 3.63) is 47.1 Å². The number of hydrogen-bond acceptors (Lipinski definition) is 4. The third-order valence-corrected chi connectivity index (χ3v) is 3.22. The van der Waals surface area contributed by atoms with Crippen LogP contribution in [0, 0.1) is 6.92 Å². The lowest BCUT2D eigenvalue weighted by Crippen LogP contribution is -2.19. The van der Waals surface area contributed by atoms with Crippen LogP contribution in [0.15, 0.2) is 28.8 Å². The van der Waals surface area contributed by atoms with Crippen molar-refractivity contribution in [2.45, 2.75) is 52.6 Å². The van der Waals surface area contributed by atoms with E-state index in [-0.39, 0.29) is 11.5 Å². The smallest absolute Gasteiger partial charge is 0.243 e. The van der Waals surface area contributed by atoms with Crippen LogP contribution in [0.1, 0.15) is 56.6 Å². The Kier molecular flexibility index (Phi) is 4.23. The molecule has 1 atom stereocenters. The maximum absolute atomic E-state index is 5.34. The molecule has 1 aromatic heterocycles. The van der Waals surface area contributed by atoms with E-state index < -0.39 is 0 Å². The standard InChI is InChI=1S/C16H23N3O/c1-11-6-8-13(9-7-11)10-17-12(2)14-18-15(19-20-14)16(3,4)5/h6-9,12,17H,10H2,1-5H3. The maximum atomic E-state index is 5.34. The van der Waals surface area contributed by atoms with Crippen LogP contribution in [-0.2, 0) is 12.0 Å². The van der Waals surface area contributed by atoms with Crippen molar-refractivity contribution < 1.29 is 4.52 Å². The van der Waals surface area contributed by atoms with Gasteiger partial charge in [0, 0.05) is 12.0 Å². The molecule has 108 valence electrons. The van der Waals surface area contributed by atoms with Crippen LogP contribution in [0.4, 0.5) is 0 Å². The summed E-state index contributed by atoms with van der Waals surface area (Å²) in [5.74, 6) is 1.39. The molecule has 0 bridgehead atoms. The monoisotopic (exact) mass is 273 g/mol. The minimum atomic E-state index is -0.0849. The molecule has 2 rings (SSSR count). The summed E-state index contributed by atoms with van der Waals surface area (Å²) in [6.07, 6.45) is 0. The molecule has 0 aliphatic heterocycles. The summed E-state index contributed by atoms with van der Waals surface area (Å²) in [4.78, 5) is 4.47. The quantitative estimate of drug-likeness (QED) is 0.926. The largest absolute Gasteiger partial charge is 0.338 e. The highest BCUT2D eigenvalue weighted by Gasteiger charge is 2.22. The van der Waals surface area contributed by atoms with E-state index >= 15 is 0 Å². The second-order valence-electron chi connectivity index (χ2n) is 6.29. The van der Waals surface area contributed by atoms with E-state index in [1.165, 1.54) is 11.1 Å². The fraction of sp³-hybridized carbons (Fsp3) is 0.500. The van der Waals surface area contributed by atoms with E-state index in [0.717, 1.165) is 12.4 Å². The van der Waals surface area contributed by atoms with Crippen LogP contribution in [0.5, 0.6) is 0 Å². The SMILES string of the molecule is Cc1ccc(CNC(C)c2nc(C(C)(C)C)no2)cc1. The van der Waals surface area contributed by atoms with Gasteiger partial charge in [0.2, 0.25) is 5.89 Å². The first kappa shape index (κ1) is 14.7. The van der Waals surface area contributed by atoms with Gasteiger partial charge in [0.1, 0.15) is 0 Å². The lowest BCUT2D eigenvalue weighted by Gasteiger charge is -2.12. The Bertz CT molecular complexity index is 552. The molecule has 0 radical (unpaired) electrons. The highest BCUT2D eigenvalue weighted by Crippen LogP contribution is 2.20. The average Bonchev–Trinajstić information content (AvgIpc) is 2.87. The van der Waals surface area contributed by atoms with Gasteiger partial charge < -0.3 is 9.84 Å². The molecule has 0 aliphatic carbocycles. The van der Waals surface area contributed by atoms with Gasteiger partial charge in [-0.25, -0.2) is 0 Å². The molecule has 1 N–H and O–H groups in total. The average molecular weight is 273 g/mol. The summed E-state index contributed by atoms with van der Waals surface area (Å²) < 4.78 is 5.34. The summed E-state index contributed by atoms with van der Waals surface area (Å²) in [7, 11) is 0. The van der Waals surface area contributed by atoms with E-state index in [0.29, 0.717) is 5.89 Å². The Morgan fingerprint density at radius 2 is 1.85 bits per heavy atom. The molecule has 2 aromatic rings. The Balaban J connectivity index is 1.96. The number of benzene rings is 1. The third-order valence-electron chi connectivity index (χ3n) is 3.22. The van der Waals surface area contributed by atoms with E-state index in [1.807, 2.05) is 6.92 Å². The molecule has 4 heteroatoms. The summed E-state index contributed by atoms with van der Waals surface area (Å²) in [5, 5.41) is 7.45. The Morgan fingerprint density at radius 1 is 1.20 bits per heavy atom. The van der Waals surface area contributed by atoms with Crippen molar-refractivity contribution >= 4 is 0 Å². The number of rotatable bonds is 4. The lowest BCUT2D eigenvalue weighted by molar-refractivity contribution is 0.330. The predicted octanol–water partition coefficient (Wildman–Crippen LogP) is 3.53. The van der Waals surface area contributed by atoms with Crippen LogP contribution < -0.4 is 5.32 Å². The van der Waals surface area contributed by atoms with Gasteiger partial charge in [0.05, 0.1) is 6.04 Å². The zero-order valence-corrected chi connectivity index (χ0v) is 12.9. The van der Waals surface area contributed by atoms with Gasteiger partial charge in [0.25, 0.3) is 0 Å². The molecule has 0 aliphatic rings. The van der Waals surface area contributed by atoms with E-state index in [1.54, 1.807) is 0 Å². The maximum Gasteiger partial charge on any atom is 0.243 e. The topological polar surface area (TPSA) is 51.0 Å². The van der Waals surface area contributed by atoms with Crippen LogP contribution in [0.3, 0.4) is 0 Å². The van der Waals surface area contributed by atoms with Gasteiger partial charge in [0.15, 0.2) is 5.82 Å². The molecule has 1 unspecified atom stereocenters. The highest BCUT2D eigenvalue weighted by atomic mass is 16.5. The van der Waals surface area contributed by atoms with Gasteiger partial charge in [-0.15, -0.1) is 0 Å². The van der Waals surface area contributed by atoms with Crippen molar-refractivity contribution in [3.8, 4) is 0 Å². The molecule has 0 fully saturated rings. The van der Waals surface area contributed by atoms with Crippen LogP contribution in [0.2, 0.25) is 0 Å². The minimum Gasteiger partial charge on any atom is -0.338 e. The van der Waals surface area contributed by atoms with Crippen molar-refractivity contribution in [3.63, 3.8) is 0 Å². The molecule has 4 nitrogen and oxygen atoms in total. The van der Waals surface area contributed by atoms with Crippen LogP contribution >= 0.6 is 0 Å². The molecule has 0 spiro atoms. The van der Waals surface area contributed by atoms with Crippen molar-refractivity contribution in [1.82, 2.24) is 15.5 Å². The molecule has 20 heavy (non-hydrogen) atoms. The van der Waals surface area contributed by atoms with Crippen molar-refractivity contribution in [1.29, 1.82) is 0 Å². The second-order valence-corrected chi connectivity index (χ2v) is 6.29. The van der Waals surface area contributed by atoms with Gasteiger partial charge >= 0.3 is 0 Å². The Morgan fingerprint density at radius 3 is 2.40 bits per heavy atom. The predicted molar refractivity (Wildman–Crippen MR) is 79.4 cm³/mol. The van der Waals surface area contributed by atoms with E-state index in [4.69, 9.17) is 4.52 Å². The van der Waals surface area contributed by atoms with Gasteiger partial charge in [-0.2, -0.15) is 4.98 Å². The number of aromatic nitrogens is 2. The molecular weight excluding hydrogens is 250 g/mol. The van der Waals surface area contributed by atoms with Crippen LogP contribution in [-0.4, -0.2) is 10.1 Å². The molecule has 1 aromatic carbocycles. The Labute approximate surface area is 120 Å². The number of aryl methyl sites for hydroxylation is 1. The molecule has 0 saturated carbocycles. The highest BCUT2D eigenvalue weighted by molar-refractivity contribution is 5.21. The first-order valence-electron chi connectivity index (χ1n) is 6.99. The van der Waals surface area contributed by atoms with Gasteiger partial charge in [-0.05, 0) is 19.4 Å². The Hall–Kier alpha value is -1.68.